The third kappa shape index (κ3) is 1.79. The molecule has 0 aromatic heterocycles. The van der Waals surface area contributed by atoms with Crippen molar-refractivity contribution in [3.8, 4) is 0 Å². The second-order valence-corrected chi connectivity index (χ2v) is 4.54. The van der Waals surface area contributed by atoms with Gasteiger partial charge in [0.15, 0.2) is 5.71 Å². The van der Waals surface area contributed by atoms with Crippen molar-refractivity contribution in [1.29, 1.82) is 0 Å². The van der Waals surface area contributed by atoms with E-state index in [1.54, 1.807) is 0 Å². The Morgan fingerprint density at radius 3 is 2.71 bits per heavy atom. The molecule has 1 fully saturated rings. The molecule has 2 amide bonds. The maximum atomic E-state index is 13.8. The zero-order valence-corrected chi connectivity index (χ0v) is 10.9. The van der Waals surface area contributed by atoms with Gasteiger partial charge in [-0.25, -0.2) is 14.1 Å². The number of nitrogens with one attached hydrogen (secondary N) is 1. The number of methoxy groups -OCH3 is 1. The number of esters is 1. The SMILES string of the molecule is COC(=O)C1=NN[C@H]2C(=O)N(c3ccccc3F)C(=O)[C@@H]12. The van der Waals surface area contributed by atoms with Crippen LogP contribution in [0, 0.1) is 11.7 Å². The minimum atomic E-state index is -1.09. The van der Waals surface area contributed by atoms with Crippen molar-refractivity contribution in [2.24, 2.45) is 11.0 Å². The Balaban J connectivity index is 2.00. The molecule has 0 aliphatic carbocycles. The summed E-state index contributed by atoms with van der Waals surface area (Å²) in [6.45, 7) is 0. The van der Waals surface area contributed by atoms with E-state index in [-0.39, 0.29) is 11.4 Å². The Morgan fingerprint density at radius 1 is 1.33 bits per heavy atom. The first-order valence-corrected chi connectivity index (χ1v) is 6.10. The maximum absolute atomic E-state index is 13.8. The summed E-state index contributed by atoms with van der Waals surface area (Å²) in [6.07, 6.45) is 0. The van der Waals surface area contributed by atoms with Gasteiger partial charge in [-0.15, -0.1) is 0 Å². The van der Waals surface area contributed by atoms with Gasteiger partial charge in [-0.3, -0.25) is 15.0 Å². The zero-order chi connectivity index (χ0) is 15.1. The maximum Gasteiger partial charge on any atom is 0.355 e. The Morgan fingerprint density at radius 2 is 2.05 bits per heavy atom. The first kappa shape index (κ1) is 13.2. The van der Waals surface area contributed by atoms with Crippen LogP contribution in [-0.4, -0.2) is 36.6 Å². The molecule has 0 radical (unpaired) electrons. The second-order valence-electron chi connectivity index (χ2n) is 4.54. The number of carbonyl (C=O) groups excluding carboxylic acids is 3. The number of nitrogens with zero attached hydrogens (tertiary/aromatic N) is 2. The molecule has 3 rings (SSSR count). The molecule has 2 aliphatic rings. The summed E-state index contributed by atoms with van der Waals surface area (Å²) in [5.74, 6) is -3.95. The standard InChI is InChI=1S/C13H10FN3O4/c1-21-13(20)10-8-9(15-16-10)12(19)17(11(8)18)7-5-3-2-4-6(7)14/h2-5,8-9,15H,1H3/t8-,9-/m1/s1. The number of imide groups is 1. The van der Waals surface area contributed by atoms with E-state index in [0.717, 1.165) is 18.1 Å². The molecule has 8 heteroatoms. The zero-order valence-electron chi connectivity index (χ0n) is 10.9. The predicted octanol–water partition coefficient (Wildman–Crippen LogP) is -0.184. The average molecular weight is 291 g/mol. The summed E-state index contributed by atoms with van der Waals surface area (Å²) in [6, 6.07) is 4.42. The molecule has 1 aromatic carbocycles. The van der Waals surface area contributed by atoms with Crippen molar-refractivity contribution in [3.05, 3.63) is 30.1 Å². The van der Waals surface area contributed by atoms with Crippen molar-refractivity contribution in [2.75, 3.05) is 12.0 Å². The number of rotatable bonds is 2. The van der Waals surface area contributed by atoms with Crippen LogP contribution < -0.4 is 10.3 Å². The van der Waals surface area contributed by atoms with Crippen molar-refractivity contribution < 1.29 is 23.5 Å². The van der Waals surface area contributed by atoms with Gasteiger partial charge in [-0.05, 0) is 12.1 Å². The highest BCUT2D eigenvalue weighted by molar-refractivity contribution is 6.46. The van der Waals surface area contributed by atoms with E-state index in [4.69, 9.17) is 0 Å². The third-order valence-corrected chi connectivity index (χ3v) is 3.41. The van der Waals surface area contributed by atoms with Gasteiger partial charge >= 0.3 is 5.97 Å². The molecule has 2 aliphatic heterocycles. The van der Waals surface area contributed by atoms with Gasteiger partial charge in [0.2, 0.25) is 5.91 Å². The number of hydrogen-bond acceptors (Lipinski definition) is 6. The molecule has 1 N–H and O–H groups in total. The van der Waals surface area contributed by atoms with E-state index < -0.39 is 35.6 Å². The molecule has 0 unspecified atom stereocenters. The fourth-order valence-corrected chi connectivity index (χ4v) is 2.43. The molecule has 0 spiro atoms. The van der Waals surface area contributed by atoms with Crippen LogP contribution in [-0.2, 0) is 19.1 Å². The predicted molar refractivity (Wildman–Crippen MR) is 68.8 cm³/mol. The molecule has 2 atom stereocenters. The van der Waals surface area contributed by atoms with E-state index in [2.05, 4.69) is 15.3 Å². The summed E-state index contributed by atoms with van der Waals surface area (Å²) in [5.41, 5.74) is 2.11. The number of benzene rings is 1. The van der Waals surface area contributed by atoms with Crippen LogP contribution in [0.4, 0.5) is 10.1 Å². The summed E-state index contributed by atoms with van der Waals surface area (Å²) >= 11 is 0. The van der Waals surface area contributed by atoms with Crippen LogP contribution in [0.2, 0.25) is 0 Å². The molecule has 108 valence electrons. The number of ether oxygens (including phenoxy) is 1. The van der Waals surface area contributed by atoms with Gasteiger partial charge in [-0.1, -0.05) is 12.1 Å². The quantitative estimate of drug-likeness (QED) is 0.603. The summed E-state index contributed by atoms with van der Waals surface area (Å²) in [7, 11) is 1.15. The summed E-state index contributed by atoms with van der Waals surface area (Å²) in [4.78, 5) is 36.9. The van der Waals surface area contributed by atoms with Crippen molar-refractivity contribution in [2.45, 2.75) is 6.04 Å². The van der Waals surface area contributed by atoms with E-state index in [1.807, 2.05) is 0 Å². The monoisotopic (exact) mass is 291 g/mol. The number of anilines is 1. The van der Waals surface area contributed by atoms with Gasteiger partial charge in [-0.2, -0.15) is 5.10 Å². The van der Waals surface area contributed by atoms with Crippen LogP contribution >= 0.6 is 0 Å². The van der Waals surface area contributed by atoms with E-state index in [0.29, 0.717) is 0 Å². The largest absolute Gasteiger partial charge is 0.464 e. The lowest BCUT2D eigenvalue weighted by Crippen LogP contribution is -2.36. The van der Waals surface area contributed by atoms with Crippen LogP contribution in [0.15, 0.2) is 29.4 Å². The summed E-state index contributed by atoms with van der Waals surface area (Å²) in [5, 5.41) is 3.67. The molecule has 1 aromatic rings. The minimum Gasteiger partial charge on any atom is -0.464 e. The highest BCUT2D eigenvalue weighted by atomic mass is 19.1. The van der Waals surface area contributed by atoms with Crippen molar-refractivity contribution >= 4 is 29.2 Å². The molecule has 0 saturated carbocycles. The van der Waals surface area contributed by atoms with Gasteiger partial charge in [0.25, 0.3) is 5.91 Å². The lowest BCUT2D eigenvalue weighted by Gasteiger charge is -2.16. The van der Waals surface area contributed by atoms with Crippen molar-refractivity contribution in [1.82, 2.24) is 5.43 Å². The Hall–Kier alpha value is -2.77. The van der Waals surface area contributed by atoms with E-state index >= 15 is 0 Å². The summed E-state index contributed by atoms with van der Waals surface area (Å²) < 4.78 is 18.3. The highest BCUT2D eigenvalue weighted by Gasteiger charge is 2.56. The first-order chi connectivity index (χ1) is 10.1. The Bertz CT molecular complexity index is 688. The normalized spacial score (nSPS) is 23.7. The van der Waals surface area contributed by atoms with Crippen LogP contribution in [0.25, 0.3) is 0 Å². The number of fused-ring (bicyclic) bond motifs is 1. The Labute approximate surface area is 118 Å². The molecular weight excluding hydrogens is 281 g/mol. The van der Waals surface area contributed by atoms with Crippen molar-refractivity contribution in [3.63, 3.8) is 0 Å². The van der Waals surface area contributed by atoms with Crippen LogP contribution in [0.3, 0.4) is 0 Å². The number of hydrogen-bond donors (Lipinski definition) is 1. The molecular formula is C13H10FN3O4. The lowest BCUT2D eigenvalue weighted by atomic mass is 9.99. The number of carbonyl (C=O) groups is 3. The first-order valence-electron chi connectivity index (χ1n) is 6.10. The smallest absolute Gasteiger partial charge is 0.355 e. The lowest BCUT2D eigenvalue weighted by molar-refractivity contribution is -0.133. The fraction of sp³-hybridized carbons (Fsp3) is 0.231. The van der Waals surface area contributed by atoms with Gasteiger partial charge in [0.05, 0.1) is 12.8 Å². The number of para-hydroxylation sites is 1. The Kier molecular flexibility index (Phi) is 2.93. The number of hydrazone groups is 1. The number of amides is 2. The molecule has 0 bridgehead atoms. The number of halogens is 1. The van der Waals surface area contributed by atoms with Gasteiger partial charge < -0.3 is 4.74 Å². The van der Waals surface area contributed by atoms with E-state index in [9.17, 15) is 18.8 Å². The molecule has 1 saturated heterocycles. The minimum absolute atomic E-state index is 0.145. The van der Waals surface area contributed by atoms with Crippen LogP contribution in [0.1, 0.15) is 0 Å². The average Bonchev–Trinajstić information content (AvgIpc) is 3.01. The molecule has 7 nitrogen and oxygen atoms in total. The topological polar surface area (TPSA) is 88.1 Å². The molecule has 21 heavy (non-hydrogen) atoms. The van der Waals surface area contributed by atoms with Gasteiger partial charge in [0.1, 0.15) is 17.8 Å². The second kappa shape index (κ2) is 4.65. The van der Waals surface area contributed by atoms with E-state index in [1.165, 1.54) is 18.2 Å². The highest BCUT2D eigenvalue weighted by Crippen LogP contribution is 2.31. The van der Waals surface area contributed by atoms with Crippen LogP contribution in [0.5, 0.6) is 0 Å². The molecule has 2 heterocycles. The third-order valence-electron chi connectivity index (χ3n) is 3.41. The van der Waals surface area contributed by atoms with Gasteiger partial charge in [0, 0.05) is 0 Å². The fourth-order valence-electron chi connectivity index (χ4n) is 2.43.